The number of hydrogen-bond donors (Lipinski definition) is 2. The summed E-state index contributed by atoms with van der Waals surface area (Å²) in [6.45, 7) is 6.00. The van der Waals surface area contributed by atoms with Crippen molar-refractivity contribution in [1.82, 2.24) is 10.0 Å². The average molecular weight is 298 g/mol. The molecule has 0 spiro atoms. The molecule has 0 bridgehead atoms. The molecule has 0 saturated carbocycles. The smallest absolute Gasteiger partial charge is 0.241 e. The zero-order valence-electron chi connectivity index (χ0n) is 12.2. The fourth-order valence-electron chi connectivity index (χ4n) is 1.81. The summed E-state index contributed by atoms with van der Waals surface area (Å²) in [4.78, 5) is 11.7. The van der Waals surface area contributed by atoms with Crippen molar-refractivity contribution in [3.63, 3.8) is 0 Å². The summed E-state index contributed by atoms with van der Waals surface area (Å²) >= 11 is 0. The lowest BCUT2D eigenvalue weighted by Crippen LogP contribution is -2.37. The maximum absolute atomic E-state index is 12.1. The second kappa shape index (κ2) is 7.40. The molecule has 1 rings (SSSR count). The highest BCUT2D eigenvalue weighted by Crippen LogP contribution is 2.15. The van der Waals surface area contributed by atoms with Crippen molar-refractivity contribution in [3.8, 4) is 0 Å². The van der Waals surface area contributed by atoms with Crippen LogP contribution in [0.25, 0.3) is 0 Å². The largest absolute Gasteiger partial charge is 0.355 e. The van der Waals surface area contributed by atoms with Gasteiger partial charge in [-0.15, -0.1) is 0 Å². The van der Waals surface area contributed by atoms with E-state index < -0.39 is 10.0 Å². The molecule has 0 aliphatic carbocycles. The van der Waals surface area contributed by atoms with Gasteiger partial charge in [-0.1, -0.05) is 31.0 Å². The Hall–Kier alpha value is -1.40. The van der Waals surface area contributed by atoms with Crippen LogP contribution in [0.3, 0.4) is 0 Å². The Labute approximate surface area is 120 Å². The van der Waals surface area contributed by atoms with E-state index in [9.17, 15) is 13.2 Å². The summed E-state index contributed by atoms with van der Waals surface area (Å²) in [5.41, 5.74) is 1.67. The van der Waals surface area contributed by atoms with E-state index in [0.717, 1.165) is 18.4 Å². The minimum Gasteiger partial charge on any atom is -0.355 e. The number of aryl methyl sites for hydroxylation is 2. The second-order valence-electron chi connectivity index (χ2n) is 4.80. The number of carbonyl (C=O) groups is 1. The van der Waals surface area contributed by atoms with Crippen LogP contribution in [0, 0.1) is 13.8 Å². The third-order valence-corrected chi connectivity index (χ3v) is 4.46. The number of rotatable bonds is 7. The number of unbranched alkanes of at least 4 members (excludes halogenated alkanes) is 1. The Kier molecular flexibility index (Phi) is 6.16. The van der Waals surface area contributed by atoms with Gasteiger partial charge in [0.2, 0.25) is 15.9 Å². The van der Waals surface area contributed by atoms with Crippen molar-refractivity contribution >= 4 is 15.9 Å². The summed E-state index contributed by atoms with van der Waals surface area (Å²) in [6, 6.07) is 5.10. The number of sulfonamides is 1. The van der Waals surface area contributed by atoms with E-state index in [1.807, 2.05) is 13.8 Å². The lowest BCUT2D eigenvalue weighted by molar-refractivity contribution is -0.119. The Morgan fingerprint density at radius 3 is 2.55 bits per heavy atom. The van der Waals surface area contributed by atoms with Gasteiger partial charge in [-0.05, 0) is 31.9 Å². The molecule has 0 aliphatic rings. The van der Waals surface area contributed by atoms with Gasteiger partial charge < -0.3 is 5.32 Å². The molecular weight excluding hydrogens is 276 g/mol. The molecule has 1 aromatic carbocycles. The van der Waals surface area contributed by atoms with Crippen molar-refractivity contribution in [1.29, 1.82) is 0 Å². The first kappa shape index (κ1) is 16.7. The van der Waals surface area contributed by atoms with Crippen molar-refractivity contribution in [2.24, 2.45) is 0 Å². The SMILES string of the molecule is CCCCNC(=O)CNS(=O)(=O)c1ccc(C)cc1C. The fraction of sp³-hybridized carbons (Fsp3) is 0.500. The van der Waals surface area contributed by atoms with E-state index in [1.54, 1.807) is 25.1 Å². The molecule has 0 heterocycles. The number of carbonyl (C=O) groups excluding carboxylic acids is 1. The first-order chi connectivity index (χ1) is 9.36. The second-order valence-corrected chi connectivity index (χ2v) is 6.53. The van der Waals surface area contributed by atoms with Crippen LogP contribution in [0.2, 0.25) is 0 Å². The van der Waals surface area contributed by atoms with E-state index in [-0.39, 0.29) is 17.3 Å². The number of hydrogen-bond acceptors (Lipinski definition) is 3. The van der Waals surface area contributed by atoms with Crippen molar-refractivity contribution in [3.05, 3.63) is 29.3 Å². The van der Waals surface area contributed by atoms with Gasteiger partial charge in [0.05, 0.1) is 11.4 Å². The molecule has 112 valence electrons. The normalized spacial score (nSPS) is 11.3. The van der Waals surface area contributed by atoms with Gasteiger partial charge >= 0.3 is 0 Å². The van der Waals surface area contributed by atoms with E-state index in [4.69, 9.17) is 0 Å². The van der Waals surface area contributed by atoms with Crippen LogP contribution in [0.1, 0.15) is 30.9 Å². The standard InChI is InChI=1S/C14H22N2O3S/c1-4-5-8-15-14(17)10-16-20(18,19)13-7-6-11(2)9-12(13)3/h6-7,9,16H,4-5,8,10H2,1-3H3,(H,15,17). The Morgan fingerprint density at radius 2 is 1.95 bits per heavy atom. The summed E-state index contributed by atoms with van der Waals surface area (Å²) < 4.78 is 26.5. The van der Waals surface area contributed by atoms with Crippen LogP contribution in [0.4, 0.5) is 0 Å². The first-order valence-electron chi connectivity index (χ1n) is 6.70. The number of amides is 1. The third-order valence-electron chi connectivity index (χ3n) is 2.90. The van der Waals surface area contributed by atoms with Crippen LogP contribution in [-0.4, -0.2) is 27.4 Å². The Bertz CT molecular complexity index is 568. The summed E-state index contributed by atoms with van der Waals surface area (Å²) in [5.74, 6) is -0.313. The zero-order valence-corrected chi connectivity index (χ0v) is 13.0. The molecule has 0 saturated heterocycles. The van der Waals surface area contributed by atoms with Gasteiger partial charge in [0.1, 0.15) is 0 Å². The molecule has 5 nitrogen and oxygen atoms in total. The van der Waals surface area contributed by atoms with Crippen molar-refractivity contribution in [2.45, 2.75) is 38.5 Å². The summed E-state index contributed by atoms with van der Waals surface area (Å²) in [6.07, 6.45) is 1.87. The number of benzene rings is 1. The fourth-order valence-corrected chi connectivity index (χ4v) is 3.01. The molecule has 0 radical (unpaired) electrons. The Morgan fingerprint density at radius 1 is 1.25 bits per heavy atom. The monoisotopic (exact) mass is 298 g/mol. The lowest BCUT2D eigenvalue weighted by atomic mass is 10.2. The van der Waals surface area contributed by atoms with Gasteiger partial charge in [-0.3, -0.25) is 4.79 Å². The van der Waals surface area contributed by atoms with Crippen LogP contribution >= 0.6 is 0 Å². The van der Waals surface area contributed by atoms with E-state index in [0.29, 0.717) is 12.1 Å². The van der Waals surface area contributed by atoms with Crippen LogP contribution in [0.5, 0.6) is 0 Å². The highest BCUT2D eigenvalue weighted by Gasteiger charge is 2.17. The van der Waals surface area contributed by atoms with E-state index >= 15 is 0 Å². The molecular formula is C14H22N2O3S. The average Bonchev–Trinajstić information content (AvgIpc) is 2.36. The molecule has 20 heavy (non-hydrogen) atoms. The van der Waals surface area contributed by atoms with Gasteiger partial charge in [0, 0.05) is 6.54 Å². The van der Waals surface area contributed by atoms with Gasteiger partial charge in [-0.25, -0.2) is 13.1 Å². The third kappa shape index (κ3) is 4.94. The minimum atomic E-state index is -3.64. The Balaban J connectivity index is 2.64. The molecule has 0 aromatic heterocycles. The summed E-state index contributed by atoms with van der Waals surface area (Å²) in [7, 11) is -3.64. The maximum atomic E-state index is 12.1. The van der Waals surface area contributed by atoms with Crippen LogP contribution in [-0.2, 0) is 14.8 Å². The van der Waals surface area contributed by atoms with Crippen LogP contribution < -0.4 is 10.0 Å². The molecule has 1 amide bonds. The maximum Gasteiger partial charge on any atom is 0.241 e. The lowest BCUT2D eigenvalue weighted by Gasteiger charge is -2.10. The highest BCUT2D eigenvalue weighted by atomic mass is 32.2. The minimum absolute atomic E-state index is 0.212. The van der Waals surface area contributed by atoms with E-state index in [2.05, 4.69) is 10.0 Å². The topological polar surface area (TPSA) is 75.3 Å². The first-order valence-corrected chi connectivity index (χ1v) is 8.18. The predicted octanol–water partition coefficient (Wildman–Crippen LogP) is 1.50. The summed E-state index contributed by atoms with van der Waals surface area (Å²) in [5, 5.41) is 2.67. The number of nitrogens with one attached hydrogen (secondary N) is 2. The predicted molar refractivity (Wildman–Crippen MR) is 79.0 cm³/mol. The van der Waals surface area contributed by atoms with Gasteiger partial charge in [0.15, 0.2) is 0 Å². The molecule has 2 N–H and O–H groups in total. The molecule has 0 atom stereocenters. The molecule has 0 fully saturated rings. The van der Waals surface area contributed by atoms with Crippen molar-refractivity contribution < 1.29 is 13.2 Å². The molecule has 1 aromatic rings. The van der Waals surface area contributed by atoms with Gasteiger partial charge in [-0.2, -0.15) is 0 Å². The van der Waals surface area contributed by atoms with E-state index in [1.165, 1.54) is 0 Å². The van der Waals surface area contributed by atoms with Gasteiger partial charge in [0.25, 0.3) is 0 Å². The molecule has 0 aliphatic heterocycles. The van der Waals surface area contributed by atoms with Crippen molar-refractivity contribution in [2.75, 3.05) is 13.1 Å². The highest BCUT2D eigenvalue weighted by molar-refractivity contribution is 7.89. The molecule has 0 unspecified atom stereocenters. The quantitative estimate of drug-likeness (QED) is 0.749. The zero-order chi connectivity index (χ0) is 15.2. The molecule has 6 heteroatoms. The van der Waals surface area contributed by atoms with Crippen LogP contribution in [0.15, 0.2) is 23.1 Å².